The Morgan fingerprint density at radius 1 is 1.43 bits per heavy atom. The normalized spacial score (nSPS) is 36.1. The van der Waals surface area contributed by atoms with E-state index in [0.717, 1.165) is 12.5 Å². The van der Waals surface area contributed by atoms with Crippen molar-refractivity contribution < 1.29 is 9.53 Å². The van der Waals surface area contributed by atoms with Crippen LogP contribution >= 0.6 is 0 Å². The molecule has 1 aliphatic carbocycles. The molecule has 3 nitrogen and oxygen atoms in total. The highest BCUT2D eigenvalue weighted by atomic mass is 16.5. The highest BCUT2D eigenvalue weighted by molar-refractivity contribution is 5.77. The van der Waals surface area contributed by atoms with Gasteiger partial charge in [0.15, 0.2) is 0 Å². The zero-order valence-corrected chi connectivity index (χ0v) is 8.95. The van der Waals surface area contributed by atoms with E-state index in [1.165, 1.54) is 19.3 Å². The summed E-state index contributed by atoms with van der Waals surface area (Å²) in [6.45, 7) is 4.81. The lowest BCUT2D eigenvalue weighted by atomic mass is 9.94. The molecule has 0 spiro atoms. The van der Waals surface area contributed by atoms with Gasteiger partial charge in [-0.15, -0.1) is 0 Å². The summed E-state index contributed by atoms with van der Waals surface area (Å²) in [6, 6.07) is -0.0232. The summed E-state index contributed by atoms with van der Waals surface area (Å²) in [7, 11) is 0. The monoisotopic (exact) mass is 197 g/mol. The second kappa shape index (κ2) is 3.89. The van der Waals surface area contributed by atoms with Gasteiger partial charge in [0.1, 0.15) is 6.04 Å². The first-order valence-electron chi connectivity index (χ1n) is 5.62. The molecular weight excluding hydrogens is 178 g/mol. The molecule has 3 atom stereocenters. The first kappa shape index (κ1) is 9.97. The number of carbonyl (C=O) groups is 1. The number of nitrogens with one attached hydrogen (secondary N) is 1. The molecule has 2 aliphatic rings. The second-order valence-corrected chi connectivity index (χ2v) is 4.73. The van der Waals surface area contributed by atoms with E-state index in [4.69, 9.17) is 4.74 Å². The van der Waals surface area contributed by atoms with E-state index in [1.807, 2.05) is 13.8 Å². The Morgan fingerprint density at radius 2 is 2.21 bits per heavy atom. The number of esters is 1. The molecule has 1 heterocycles. The van der Waals surface area contributed by atoms with Gasteiger partial charge >= 0.3 is 5.97 Å². The number of ether oxygens (including phenoxy) is 1. The lowest BCUT2D eigenvalue weighted by Gasteiger charge is -2.18. The Hall–Kier alpha value is -0.570. The number of fused-ring (bicyclic) bond motifs is 1. The Balaban J connectivity index is 1.94. The number of carbonyl (C=O) groups excluding carboxylic acids is 1. The number of hydrogen-bond donors (Lipinski definition) is 1. The van der Waals surface area contributed by atoms with Crippen LogP contribution in [-0.4, -0.2) is 24.7 Å². The molecule has 80 valence electrons. The van der Waals surface area contributed by atoms with Crippen LogP contribution in [0, 0.1) is 11.8 Å². The molecule has 14 heavy (non-hydrogen) atoms. The van der Waals surface area contributed by atoms with Crippen LogP contribution in [-0.2, 0) is 9.53 Å². The third-order valence-electron chi connectivity index (χ3n) is 3.35. The van der Waals surface area contributed by atoms with Crippen molar-refractivity contribution in [3.63, 3.8) is 0 Å². The van der Waals surface area contributed by atoms with Gasteiger partial charge in [0.2, 0.25) is 0 Å². The number of hydrogen-bond acceptors (Lipinski definition) is 3. The molecule has 0 unspecified atom stereocenters. The average molecular weight is 197 g/mol. The van der Waals surface area contributed by atoms with Crippen molar-refractivity contribution in [3.8, 4) is 0 Å². The van der Waals surface area contributed by atoms with E-state index >= 15 is 0 Å². The Bertz CT molecular complexity index is 227. The first-order chi connectivity index (χ1) is 6.68. The van der Waals surface area contributed by atoms with E-state index in [0.29, 0.717) is 5.92 Å². The summed E-state index contributed by atoms with van der Waals surface area (Å²) >= 11 is 0. The van der Waals surface area contributed by atoms with E-state index < -0.39 is 0 Å². The highest BCUT2D eigenvalue weighted by Crippen LogP contribution is 2.38. The van der Waals surface area contributed by atoms with Crippen LogP contribution < -0.4 is 5.32 Å². The van der Waals surface area contributed by atoms with Crippen molar-refractivity contribution in [1.29, 1.82) is 0 Å². The van der Waals surface area contributed by atoms with Crippen LogP contribution in [0.25, 0.3) is 0 Å². The van der Waals surface area contributed by atoms with Gasteiger partial charge in [-0.1, -0.05) is 6.42 Å². The molecule has 1 N–H and O–H groups in total. The largest absolute Gasteiger partial charge is 0.462 e. The van der Waals surface area contributed by atoms with E-state index in [-0.39, 0.29) is 18.1 Å². The third kappa shape index (κ3) is 1.78. The Kier molecular flexibility index (Phi) is 2.77. The molecular formula is C11H19NO2. The fraction of sp³-hybridized carbons (Fsp3) is 0.909. The Labute approximate surface area is 85.2 Å². The van der Waals surface area contributed by atoms with Gasteiger partial charge < -0.3 is 10.1 Å². The average Bonchev–Trinajstić information content (AvgIpc) is 2.59. The van der Waals surface area contributed by atoms with Gasteiger partial charge in [-0.05, 0) is 45.1 Å². The minimum Gasteiger partial charge on any atom is -0.462 e. The summed E-state index contributed by atoms with van der Waals surface area (Å²) < 4.78 is 5.24. The first-order valence-corrected chi connectivity index (χ1v) is 5.62. The van der Waals surface area contributed by atoms with E-state index in [9.17, 15) is 4.79 Å². The van der Waals surface area contributed by atoms with Gasteiger partial charge in [-0.25, -0.2) is 0 Å². The molecule has 1 saturated heterocycles. The van der Waals surface area contributed by atoms with Crippen LogP contribution in [0.4, 0.5) is 0 Å². The predicted octanol–water partition coefficient (Wildman–Crippen LogP) is 1.33. The molecule has 3 heteroatoms. The molecule has 0 aromatic carbocycles. The molecule has 1 aliphatic heterocycles. The third-order valence-corrected chi connectivity index (χ3v) is 3.35. The van der Waals surface area contributed by atoms with Crippen LogP contribution in [0.15, 0.2) is 0 Å². The quantitative estimate of drug-likeness (QED) is 0.679. The van der Waals surface area contributed by atoms with Crippen molar-refractivity contribution in [2.75, 3.05) is 6.54 Å². The summed E-state index contributed by atoms with van der Waals surface area (Å²) in [5, 5.41) is 3.29. The van der Waals surface area contributed by atoms with Crippen molar-refractivity contribution in [3.05, 3.63) is 0 Å². The molecule has 0 aromatic rings. The predicted molar refractivity (Wildman–Crippen MR) is 53.8 cm³/mol. The van der Waals surface area contributed by atoms with Crippen molar-refractivity contribution in [2.24, 2.45) is 11.8 Å². The minimum absolute atomic E-state index is 0.00440. The van der Waals surface area contributed by atoms with Crippen molar-refractivity contribution >= 4 is 5.97 Å². The fourth-order valence-electron chi connectivity index (χ4n) is 2.75. The summed E-state index contributed by atoms with van der Waals surface area (Å²) in [6.07, 6.45) is 3.76. The fourth-order valence-corrected chi connectivity index (χ4v) is 2.75. The maximum Gasteiger partial charge on any atom is 0.323 e. The van der Waals surface area contributed by atoms with E-state index in [1.54, 1.807) is 0 Å². The maximum atomic E-state index is 11.7. The van der Waals surface area contributed by atoms with Crippen LogP contribution in [0.1, 0.15) is 33.1 Å². The van der Waals surface area contributed by atoms with Crippen LogP contribution in [0.5, 0.6) is 0 Å². The standard InChI is InChI=1S/C11H19NO2/c1-7(2)14-11(13)10-9-5-3-4-8(9)6-12-10/h7-10,12H,3-6H2,1-2H3/t8-,9-,10-/m0/s1. The van der Waals surface area contributed by atoms with E-state index in [2.05, 4.69) is 5.32 Å². The molecule has 0 aromatic heterocycles. The lowest BCUT2D eigenvalue weighted by Crippen LogP contribution is -2.38. The smallest absolute Gasteiger partial charge is 0.323 e. The van der Waals surface area contributed by atoms with Gasteiger partial charge in [-0.3, -0.25) is 4.79 Å². The molecule has 0 amide bonds. The molecule has 0 bridgehead atoms. The summed E-state index contributed by atoms with van der Waals surface area (Å²) in [5.41, 5.74) is 0. The zero-order valence-electron chi connectivity index (χ0n) is 8.95. The summed E-state index contributed by atoms with van der Waals surface area (Å²) in [5.74, 6) is 1.22. The minimum atomic E-state index is -0.0469. The van der Waals surface area contributed by atoms with Crippen LogP contribution in [0.3, 0.4) is 0 Å². The second-order valence-electron chi connectivity index (χ2n) is 4.73. The highest BCUT2D eigenvalue weighted by Gasteiger charge is 2.43. The van der Waals surface area contributed by atoms with Crippen LogP contribution in [0.2, 0.25) is 0 Å². The van der Waals surface area contributed by atoms with Crippen molar-refractivity contribution in [1.82, 2.24) is 5.32 Å². The Morgan fingerprint density at radius 3 is 2.93 bits per heavy atom. The molecule has 2 rings (SSSR count). The molecule has 0 radical (unpaired) electrons. The van der Waals surface area contributed by atoms with Gasteiger partial charge in [0.25, 0.3) is 0 Å². The summed E-state index contributed by atoms with van der Waals surface area (Å²) in [4.78, 5) is 11.7. The molecule has 1 saturated carbocycles. The lowest BCUT2D eigenvalue weighted by molar-refractivity contribution is -0.150. The maximum absolute atomic E-state index is 11.7. The number of rotatable bonds is 2. The molecule has 2 fully saturated rings. The SMILES string of the molecule is CC(C)OC(=O)[C@H]1NC[C@@H]2CCC[C@@H]21. The topological polar surface area (TPSA) is 38.3 Å². The van der Waals surface area contributed by atoms with Gasteiger partial charge in [-0.2, -0.15) is 0 Å². The van der Waals surface area contributed by atoms with Crippen molar-refractivity contribution in [2.45, 2.75) is 45.3 Å². The van der Waals surface area contributed by atoms with Gasteiger partial charge in [0.05, 0.1) is 6.10 Å². The van der Waals surface area contributed by atoms with Gasteiger partial charge in [0, 0.05) is 0 Å². The zero-order chi connectivity index (χ0) is 10.1.